The van der Waals surface area contributed by atoms with Crippen molar-refractivity contribution in [3.05, 3.63) is 340 Å². The number of rotatable bonds is 7. The number of para-hydroxylation sites is 6. The molecule has 0 saturated carbocycles. The van der Waals surface area contributed by atoms with E-state index in [9.17, 15) is 0 Å². The molecule has 6 heteroatoms. The maximum absolute atomic E-state index is 2.62. The van der Waals surface area contributed by atoms with Crippen molar-refractivity contribution in [2.24, 2.45) is 0 Å². The van der Waals surface area contributed by atoms with Crippen LogP contribution in [-0.2, 0) is 0 Å². The molecule has 0 atom stereocenters. The van der Waals surface area contributed by atoms with Gasteiger partial charge in [0.15, 0.2) is 0 Å². The third kappa shape index (κ3) is 7.58. The Morgan fingerprint density at radius 3 is 0.823 bits per heavy atom. The van der Waals surface area contributed by atoms with E-state index in [1.165, 1.54) is 125 Å². The van der Waals surface area contributed by atoms with Gasteiger partial charge in [-0.2, -0.15) is 0 Å². The summed E-state index contributed by atoms with van der Waals surface area (Å²) in [6.45, 7) is -0.210. The predicted molar refractivity (Wildman–Crippen MR) is 409 cm³/mol. The van der Waals surface area contributed by atoms with Gasteiger partial charge in [0.05, 0.1) is 27.8 Å². The summed E-state index contributed by atoms with van der Waals surface area (Å²) >= 11 is 0. The Morgan fingerprint density at radius 2 is 0.479 bits per heavy atom. The third-order valence-corrected chi connectivity index (χ3v) is 21.0. The number of aromatic nitrogens is 2. The van der Waals surface area contributed by atoms with Crippen LogP contribution in [0.2, 0.25) is 0 Å². The highest BCUT2D eigenvalue weighted by atomic mass is 15.2. The number of benzene rings is 17. The molecule has 21 rings (SSSR count). The van der Waals surface area contributed by atoms with Crippen LogP contribution in [0.15, 0.2) is 340 Å². The second-order valence-electron chi connectivity index (χ2n) is 25.9. The van der Waals surface area contributed by atoms with Gasteiger partial charge in [0.25, 0.3) is 6.71 Å². The quantitative estimate of drug-likeness (QED) is 0.117. The second-order valence-corrected chi connectivity index (χ2v) is 25.9. The van der Waals surface area contributed by atoms with Gasteiger partial charge in [0.1, 0.15) is 0 Å². The smallest absolute Gasteiger partial charge is 0.252 e. The van der Waals surface area contributed by atoms with E-state index in [0.29, 0.717) is 0 Å². The molecule has 5 nitrogen and oxygen atoms in total. The third-order valence-electron chi connectivity index (χ3n) is 21.0. The molecule has 4 heterocycles. The summed E-state index contributed by atoms with van der Waals surface area (Å²) in [4.78, 5) is 7.70. The molecule has 444 valence electrons. The van der Waals surface area contributed by atoms with Crippen molar-refractivity contribution in [1.29, 1.82) is 0 Å². The summed E-state index contributed by atoms with van der Waals surface area (Å²) < 4.78 is 4.96. The van der Waals surface area contributed by atoms with Crippen LogP contribution in [0.25, 0.3) is 120 Å². The molecule has 0 radical (unpaired) electrons. The van der Waals surface area contributed by atoms with Gasteiger partial charge in [-0.05, 0) is 190 Å². The van der Waals surface area contributed by atoms with Crippen molar-refractivity contribution in [3.8, 4) is 11.4 Å². The van der Waals surface area contributed by atoms with Crippen molar-refractivity contribution in [2.45, 2.75) is 0 Å². The van der Waals surface area contributed by atoms with Crippen LogP contribution in [0.4, 0.5) is 51.2 Å². The largest absolute Gasteiger partial charge is 0.311 e. The average molecular weight is 1220 g/mol. The van der Waals surface area contributed by atoms with Gasteiger partial charge in [-0.25, -0.2) is 0 Å². The normalized spacial score (nSPS) is 12.7. The van der Waals surface area contributed by atoms with Crippen molar-refractivity contribution >= 4 is 183 Å². The van der Waals surface area contributed by atoms with E-state index in [1.807, 2.05) is 0 Å². The number of nitrogens with zero attached hydrogens (tertiary/aromatic N) is 5. The standard InChI is InChI=1S/C90H56BN5/c1-3-23-57(24-4-1)92(58-25-5-2-6-26-58)63-55-88-90-89(56-63)96(60-44-48-73-69-32-10-8-28-65(69)67-30-12-14-34-71(67)79(73)52-60)87-54-62(94-84-41-21-17-37-76(84)77-38-18-22-42-85(77)94)46-50-81(87)91(90)80-49-45-61(93-82-39-19-15-35-74(82)75-36-16-20-40-83(75)93)53-86(80)95(88)59-43-47-72-68-31-9-7-27-64(68)66-29-11-13-33-70(66)78(72)51-59/h1-56H. The lowest BCUT2D eigenvalue weighted by Crippen LogP contribution is -2.61. The first-order chi connectivity index (χ1) is 47.7. The monoisotopic (exact) mass is 1220 g/mol. The van der Waals surface area contributed by atoms with E-state index in [0.717, 1.165) is 62.6 Å². The Balaban J connectivity index is 0.920. The summed E-state index contributed by atoms with van der Waals surface area (Å²) in [5.41, 5.74) is 20.4. The minimum Gasteiger partial charge on any atom is -0.311 e. The Labute approximate surface area is 554 Å². The van der Waals surface area contributed by atoms with Crippen LogP contribution >= 0.6 is 0 Å². The van der Waals surface area contributed by atoms with Gasteiger partial charge in [-0.3, -0.25) is 0 Å². The van der Waals surface area contributed by atoms with E-state index >= 15 is 0 Å². The predicted octanol–water partition coefficient (Wildman–Crippen LogP) is 22.4. The van der Waals surface area contributed by atoms with Gasteiger partial charge >= 0.3 is 0 Å². The highest BCUT2D eigenvalue weighted by Crippen LogP contribution is 2.51. The van der Waals surface area contributed by atoms with Crippen LogP contribution in [0.1, 0.15) is 0 Å². The maximum atomic E-state index is 2.62. The molecule has 2 aliphatic rings. The van der Waals surface area contributed by atoms with Gasteiger partial charge in [0.2, 0.25) is 0 Å². The summed E-state index contributed by atoms with van der Waals surface area (Å²) in [7, 11) is 0. The molecule has 0 N–H and O–H groups in total. The van der Waals surface area contributed by atoms with E-state index in [2.05, 4.69) is 364 Å². The highest BCUT2D eigenvalue weighted by Gasteiger charge is 2.45. The molecule has 17 aromatic carbocycles. The first-order valence-corrected chi connectivity index (χ1v) is 33.3. The van der Waals surface area contributed by atoms with Gasteiger partial charge in [0, 0.05) is 78.4 Å². The lowest BCUT2D eigenvalue weighted by atomic mass is 9.33. The molecule has 0 saturated heterocycles. The SMILES string of the molecule is c1ccc(N(c2ccccc2)c2cc3c4c(c2)N(c2ccc5c6ccccc6c6ccccc6c5c2)c2cc(-n5c6ccccc6c6ccccc65)ccc2B4c2ccc(-n4c5ccccc5c5ccccc54)cc2N3c2ccc3c4ccccc4c4ccccc4c3c2)cc1. The van der Waals surface area contributed by atoms with Gasteiger partial charge < -0.3 is 23.8 Å². The molecule has 2 aliphatic heterocycles. The fourth-order valence-corrected chi connectivity index (χ4v) is 17.0. The second kappa shape index (κ2) is 20.4. The molecular formula is C90H56BN5. The molecule has 0 fully saturated rings. The zero-order chi connectivity index (χ0) is 62.7. The van der Waals surface area contributed by atoms with Crippen LogP contribution in [0.3, 0.4) is 0 Å². The molecular weight excluding hydrogens is 1160 g/mol. The van der Waals surface area contributed by atoms with Crippen molar-refractivity contribution in [2.75, 3.05) is 14.7 Å². The molecule has 0 amide bonds. The number of hydrogen-bond donors (Lipinski definition) is 0. The summed E-state index contributed by atoms with van der Waals surface area (Å²) in [5, 5.41) is 19.8. The lowest BCUT2D eigenvalue weighted by Gasteiger charge is -2.45. The molecule has 19 aromatic rings. The van der Waals surface area contributed by atoms with E-state index < -0.39 is 0 Å². The van der Waals surface area contributed by atoms with Crippen molar-refractivity contribution in [1.82, 2.24) is 9.13 Å². The maximum Gasteiger partial charge on any atom is 0.252 e. The fraction of sp³-hybridized carbons (Fsp3) is 0. The molecule has 0 aliphatic carbocycles. The van der Waals surface area contributed by atoms with Gasteiger partial charge in [-0.15, -0.1) is 0 Å². The lowest BCUT2D eigenvalue weighted by molar-refractivity contribution is 1.16. The molecule has 0 bridgehead atoms. The molecule has 96 heavy (non-hydrogen) atoms. The Kier molecular flexibility index (Phi) is 11.3. The van der Waals surface area contributed by atoms with Gasteiger partial charge in [-0.1, -0.05) is 231 Å². The van der Waals surface area contributed by atoms with Crippen molar-refractivity contribution < 1.29 is 0 Å². The summed E-state index contributed by atoms with van der Waals surface area (Å²) in [5.74, 6) is 0. The molecule has 2 aromatic heterocycles. The fourth-order valence-electron chi connectivity index (χ4n) is 17.0. The first kappa shape index (κ1) is 52.9. The minimum atomic E-state index is -0.210. The van der Waals surface area contributed by atoms with Crippen molar-refractivity contribution in [3.63, 3.8) is 0 Å². The number of hydrogen-bond acceptors (Lipinski definition) is 3. The van der Waals surface area contributed by atoms with Crippen LogP contribution in [-0.4, -0.2) is 15.8 Å². The van der Waals surface area contributed by atoms with Crippen LogP contribution in [0, 0.1) is 0 Å². The zero-order valence-electron chi connectivity index (χ0n) is 52.1. The zero-order valence-corrected chi connectivity index (χ0v) is 52.1. The Bertz CT molecular complexity index is 5940. The highest BCUT2D eigenvalue weighted by molar-refractivity contribution is 7.00. The topological polar surface area (TPSA) is 19.6 Å². The summed E-state index contributed by atoms with van der Waals surface area (Å²) in [6, 6.07) is 127. The number of fused-ring (bicyclic) bond motifs is 22. The Morgan fingerprint density at radius 1 is 0.198 bits per heavy atom. The minimum absolute atomic E-state index is 0.210. The number of anilines is 9. The van der Waals surface area contributed by atoms with Crippen LogP contribution in [0.5, 0.6) is 0 Å². The molecule has 0 unspecified atom stereocenters. The van der Waals surface area contributed by atoms with Crippen LogP contribution < -0.4 is 31.1 Å². The molecule has 0 spiro atoms. The van der Waals surface area contributed by atoms with E-state index in [1.54, 1.807) is 0 Å². The average Bonchev–Trinajstić information content (AvgIpc) is 0.864. The van der Waals surface area contributed by atoms with E-state index in [-0.39, 0.29) is 6.71 Å². The van der Waals surface area contributed by atoms with E-state index in [4.69, 9.17) is 0 Å². The Hall–Kier alpha value is -12.6. The first-order valence-electron chi connectivity index (χ1n) is 33.3. The summed E-state index contributed by atoms with van der Waals surface area (Å²) in [6.07, 6.45) is 0.